The van der Waals surface area contributed by atoms with E-state index < -0.39 is 10.0 Å². The molecule has 142 valence electrons. The second kappa shape index (κ2) is 6.98. The van der Waals surface area contributed by atoms with Crippen LogP contribution in [0.5, 0.6) is 0 Å². The number of carbonyl (C=O) groups excluding carboxylic acids is 1. The smallest absolute Gasteiger partial charge is 0.261 e. The maximum absolute atomic E-state index is 12.6. The van der Waals surface area contributed by atoms with Gasteiger partial charge in [0.25, 0.3) is 15.9 Å². The van der Waals surface area contributed by atoms with Crippen LogP contribution in [0.15, 0.2) is 47.4 Å². The summed E-state index contributed by atoms with van der Waals surface area (Å²) >= 11 is 0. The Labute approximate surface area is 159 Å². The lowest BCUT2D eigenvalue weighted by molar-refractivity contribution is -0.127. The Morgan fingerprint density at radius 2 is 2.07 bits per heavy atom. The largest absolute Gasteiger partial charge is 0.368 e. The summed E-state index contributed by atoms with van der Waals surface area (Å²) in [5.74, 6) is -0.000610. The van der Waals surface area contributed by atoms with Gasteiger partial charge in [0.05, 0.1) is 4.90 Å². The van der Waals surface area contributed by atoms with Crippen molar-refractivity contribution < 1.29 is 17.9 Å². The molecular formula is C20H22N2O4S. The van der Waals surface area contributed by atoms with Crippen molar-refractivity contribution in [3.63, 3.8) is 0 Å². The molecule has 1 amide bonds. The summed E-state index contributed by atoms with van der Waals surface area (Å²) in [4.78, 5) is 14.6. The number of hydrogen-bond donors (Lipinski definition) is 1. The van der Waals surface area contributed by atoms with E-state index in [1.165, 1.54) is 0 Å². The first kappa shape index (κ1) is 18.0. The fraction of sp³-hybridized carbons (Fsp3) is 0.350. The van der Waals surface area contributed by atoms with Crippen LogP contribution in [0.1, 0.15) is 24.0 Å². The maximum atomic E-state index is 12.6. The molecule has 1 N–H and O–H groups in total. The first-order valence-corrected chi connectivity index (χ1v) is 10.6. The van der Waals surface area contributed by atoms with Crippen molar-refractivity contribution in [3.05, 3.63) is 53.6 Å². The number of hydrogen-bond acceptors (Lipinski definition) is 4. The van der Waals surface area contributed by atoms with Crippen molar-refractivity contribution in [1.82, 2.24) is 0 Å². The Morgan fingerprint density at radius 1 is 1.22 bits per heavy atom. The summed E-state index contributed by atoms with van der Waals surface area (Å²) in [6.07, 6.45) is 2.03. The number of anilines is 2. The summed E-state index contributed by atoms with van der Waals surface area (Å²) in [6.45, 7) is 3.09. The zero-order valence-electron chi connectivity index (χ0n) is 15.1. The number of carbonyl (C=O) groups is 1. The topological polar surface area (TPSA) is 75.7 Å². The van der Waals surface area contributed by atoms with Gasteiger partial charge in [0.1, 0.15) is 6.10 Å². The highest BCUT2D eigenvalue weighted by molar-refractivity contribution is 7.92. The molecule has 0 radical (unpaired) electrons. The molecule has 1 atom stereocenters. The Bertz CT molecular complexity index is 981. The van der Waals surface area contributed by atoms with Crippen LogP contribution in [-0.4, -0.2) is 33.6 Å². The van der Waals surface area contributed by atoms with Crippen LogP contribution in [0.25, 0.3) is 0 Å². The normalized spacial score (nSPS) is 19.1. The molecule has 1 unspecified atom stereocenters. The molecule has 2 aromatic carbocycles. The minimum atomic E-state index is -3.65. The summed E-state index contributed by atoms with van der Waals surface area (Å²) in [5.41, 5.74) is 3.19. The van der Waals surface area contributed by atoms with E-state index in [0.29, 0.717) is 25.3 Å². The van der Waals surface area contributed by atoms with Gasteiger partial charge in [-0.1, -0.05) is 12.1 Å². The van der Waals surface area contributed by atoms with E-state index >= 15 is 0 Å². The Morgan fingerprint density at radius 3 is 2.81 bits per heavy atom. The number of nitrogens with zero attached hydrogens (tertiary/aromatic N) is 1. The van der Waals surface area contributed by atoms with Crippen molar-refractivity contribution in [2.45, 2.75) is 37.2 Å². The molecular weight excluding hydrogens is 364 g/mol. The van der Waals surface area contributed by atoms with Crippen LogP contribution in [0.2, 0.25) is 0 Å². The predicted octanol–water partition coefficient (Wildman–Crippen LogP) is 2.86. The van der Waals surface area contributed by atoms with E-state index in [4.69, 9.17) is 4.74 Å². The highest BCUT2D eigenvalue weighted by atomic mass is 32.2. The van der Waals surface area contributed by atoms with E-state index in [9.17, 15) is 13.2 Å². The monoisotopic (exact) mass is 386 g/mol. The average Bonchev–Trinajstić information content (AvgIpc) is 3.30. The molecule has 2 aliphatic heterocycles. The predicted molar refractivity (Wildman–Crippen MR) is 103 cm³/mol. The highest BCUT2D eigenvalue weighted by Gasteiger charge is 2.32. The van der Waals surface area contributed by atoms with Gasteiger partial charge in [0.15, 0.2) is 0 Å². The minimum Gasteiger partial charge on any atom is -0.368 e. The molecule has 0 spiro atoms. The molecule has 0 aliphatic carbocycles. The summed E-state index contributed by atoms with van der Waals surface area (Å²) in [6, 6.07) is 12.1. The van der Waals surface area contributed by atoms with Crippen LogP contribution >= 0.6 is 0 Å². The van der Waals surface area contributed by atoms with Crippen molar-refractivity contribution in [2.75, 3.05) is 22.8 Å². The van der Waals surface area contributed by atoms with Gasteiger partial charge in [-0.2, -0.15) is 0 Å². The number of benzene rings is 2. The number of nitrogens with one attached hydrogen (secondary N) is 1. The van der Waals surface area contributed by atoms with Crippen LogP contribution in [0.3, 0.4) is 0 Å². The maximum Gasteiger partial charge on any atom is 0.261 e. The van der Waals surface area contributed by atoms with Crippen LogP contribution < -0.4 is 9.62 Å². The number of fused-ring (bicyclic) bond motifs is 1. The Balaban J connectivity index is 1.55. The molecule has 27 heavy (non-hydrogen) atoms. The highest BCUT2D eigenvalue weighted by Crippen LogP contribution is 2.32. The number of amides is 1. The number of sulfonamides is 1. The first-order chi connectivity index (χ1) is 12.9. The molecule has 0 saturated carbocycles. The third-order valence-electron chi connectivity index (χ3n) is 5.00. The molecule has 2 heterocycles. The van der Waals surface area contributed by atoms with E-state index in [1.54, 1.807) is 29.2 Å². The Kier molecular flexibility index (Phi) is 4.65. The molecule has 6 nitrogen and oxygen atoms in total. The number of rotatable bonds is 4. The van der Waals surface area contributed by atoms with Gasteiger partial charge in [-0.15, -0.1) is 0 Å². The SMILES string of the molecule is Cc1cccc(S(=O)(=O)Nc2ccc3c(c2)CCN3C(=O)C2CCCO2)c1. The van der Waals surface area contributed by atoms with E-state index in [2.05, 4.69) is 4.72 Å². The van der Waals surface area contributed by atoms with Gasteiger partial charge < -0.3 is 9.64 Å². The van der Waals surface area contributed by atoms with Gasteiger partial charge in [0.2, 0.25) is 0 Å². The van der Waals surface area contributed by atoms with Crippen molar-refractivity contribution in [1.29, 1.82) is 0 Å². The van der Waals surface area contributed by atoms with Crippen LogP contribution in [0, 0.1) is 6.92 Å². The lowest BCUT2D eigenvalue weighted by atomic mass is 10.1. The van der Waals surface area contributed by atoms with Crippen molar-refractivity contribution in [3.8, 4) is 0 Å². The fourth-order valence-electron chi connectivity index (χ4n) is 3.64. The lowest BCUT2D eigenvalue weighted by Crippen LogP contribution is -2.37. The second-order valence-corrected chi connectivity index (χ2v) is 8.69. The molecule has 0 bridgehead atoms. The average molecular weight is 386 g/mol. The zero-order valence-corrected chi connectivity index (χ0v) is 16.0. The molecule has 2 aliphatic rings. The van der Waals surface area contributed by atoms with Gasteiger partial charge in [-0.05, 0) is 67.6 Å². The molecule has 4 rings (SSSR count). The summed E-state index contributed by atoms with van der Waals surface area (Å²) in [7, 11) is -3.65. The molecule has 1 saturated heterocycles. The summed E-state index contributed by atoms with van der Waals surface area (Å²) < 4.78 is 33.4. The zero-order chi connectivity index (χ0) is 19.0. The molecule has 7 heteroatoms. The number of aryl methyl sites for hydroxylation is 1. The Hall–Kier alpha value is -2.38. The van der Waals surface area contributed by atoms with E-state index in [-0.39, 0.29) is 16.9 Å². The van der Waals surface area contributed by atoms with Gasteiger partial charge in [0, 0.05) is 24.5 Å². The minimum absolute atomic E-state index is 0.000610. The van der Waals surface area contributed by atoms with Gasteiger partial charge >= 0.3 is 0 Å². The van der Waals surface area contributed by atoms with Crippen LogP contribution in [-0.2, 0) is 26.0 Å². The van der Waals surface area contributed by atoms with E-state index in [0.717, 1.165) is 29.7 Å². The van der Waals surface area contributed by atoms with Crippen molar-refractivity contribution in [2.24, 2.45) is 0 Å². The van der Waals surface area contributed by atoms with Gasteiger partial charge in [-0.25, -0.2) is 8.42 Å². The third-order valence-corrected chi connectivity index (χ3v) is 6.38. The summed E-state index contributed by atoms with van der Waals surface area (Å²) in [5, 5.41) is 0. The standard InChI is InChI=1S/C20H22N2O4S/c1-14-4-2-5-17(12-14)27(24,25)21-16-7-8-18-15(13-16)9-10-22(18)20(23)19-6-3-11-26-19/h2,4-5,7-8,12-13,19,21H,3,6,9-11H2,1H3. The van der Waals surface area contributed by atoms with E-state index in [1.807, 2.05) is 25.1 Å². The van der Waals surface area contributed by atoms with Crippen LogP contribution in [0.4, 0.5) is 11.4 Å². The quantitative estimate of drug-likeness (QED) is 0.877. The van der Waals surface area contributed by atoms with Gasteiger partial charge in [-0.3, -0.25) is 9.52 Å². The molecule has 1 fully saturated rings. The molecule has 2 aromatic rings. The lowest BCUT2D eigenvalue weighted by Gasteiger charge is -2.21. The third kappa shape index (κ3) is 3.57. The van der Waals surface area contributed by atoms with Crippen molar-refractivity contribution >= 4 is 27.3 Å². The first-order valence-electron chi connectivity index (χ1n) is 9.09. The second-order valence-electron chi connectivity index (χ2n) is 7.01. The molecule has 0 aromatic heterocycles. The number of ether oxygens (including phenoxy) is 1. The fourth-order valence-corrected chi connectivity index (χ4v) is 4.79.